The molecule has 0 aliphatic rings. The lowest BCUT2D eigenvalue weighted by atomic mass is 10.1. The predicted octanol–water partition coefficient (Wildman–Crippen LogP) is 5.50. The lowest BCUT2D eigenvalue weighted by Crippen LogP contribution is -2.14. The van der Waals surface area contributed by atoms with Gasteiger partial charge in [-0.15, -0.1) is 0 Å². The number of nitrogens with one attached hydrogen (secondary N) is 1. The van der Waals surface area contributed by atoms with Crippen LogP contribution in [-0.2, 0) is 6.18 Å². The molecule has 0 aliphatic heterocycles. The number of phenols is 1. The summed E-state index contributed by atoms with van der Waals surface area (Å²) < 4.78 is 38.4. The number of rotatable bonds is 2. The summed E-state index contributed by atoms with van der Waals surface area (Å²) in [7, 11) is 0. The van der Waals surface area contributed by atoms with E-state index in [2.05, 4.69) is 10.3 Å². The van der Waals surface area contributed by atoms with Crippen molar-refractivity contribution in [2.45, 2.75) is 13.6 Å². The Balaban J connectivity index is 0.00000243. The minimum Gasteiger partial charge on any atom is -0.505 e. The van der Waals surface area contributed by atoms with Crippen LogP contribution in [0.3, 0.4) is 0 Å². The smallest absolute Gasteiger partial charge is 0.416 e. The van der Waals surface area contributed by atoms with E-state index in [0.29, 0.717) is 5.39 Å². The van der Waals surface area contributed by atoms with E-state index in [1.54, 1.807) is 18.2 Å². The third kappa shape index (κ3) is 3.72. The number of phenolic OH excluding ortho intramolecular Hbond substituents is 1. The molecule has 0 saturated heterocycles. The summed E-state index contributed by atoms with van der Waals surface area (Å²) in [5.74, 6) is -1.16. The van der Waals surface area contributed by atoms with Crippen LogP contribution in [0.25, 0.3) is 10.9 Å². The van der Waals surface area contributed by atoms with Crippen LogP contribution in [0, 0.1) is 0 Å². The van der Waals surface area contributed by atoms with E-state index in [4.69, 9.17) is 11.6 Å². The topological polar surface area (TPSA) is 62.2 Å². The van der Waals surface area contributed by atoms with E-state index >= 15 is 0 Å². The minimum absolute atomic E-state index is 0. The maximum atomic E-state index is 12.8. The molecule has 0 radical (unpaired) electrons. The zero-order valence-electron chi connectivity index (χ0n) is 12.4. The average molecular weight is 383 g/mol. The quantitative estimate of drug-likeness (QED) is 0.615. The summed E-state index contributed by atoms with van der Waals surface area (Å²) in [5, 5.41) is 13.1. The number of fused-ring (bicyclic) bond motifs is 1. The lowest BCUT2D eigenvalue weighted by Gasteiger charge is -2.12. The molecule has 0 bridgehead atoms. The molecule has 0 fully saturated rings. The molecule has 0 saturated carbocycles. The van der Waals surface area contributed by atoms with Gasteiger partial charge in [-0.3, -0.25) is 9.78 Å². The van der Waals surface area contributed by atoms with Gasteiger partial charge in [-0.2, -0.15) is 13.2 Å². The van der Waals surface area contributed by atoms with Crippen molar-refractivity contribution in [1.29, 1.82) is 0 Å². The number of carbonyl (C=O) groups is 1. The number of anilines is 1. The number of halogens is 4. The van der Waals surface area contributed by atoms with E-state index in [1.165, 1.54) is 12.3 Å². The van der Waals surface area contributed by atoms with Crippen LogP contribution in [-0.4, -0.2) is 16.0 Å². The van der Waals surface area contributed by atoms with E-state index in [1.807, 2.05) is 0 Å². The van der Waals surface area contributed by atoms with E-state index in [9.17, 15) is 23.1 Å². The number of aromatic hydroxyl groups is 1. The molecule has 1 aromatic heterocycles. The van der Waals surface area contributed by atoms with Crippen molar-refractivity contribution >= 4 is 34.1 Å². The Labute approximate surface area is 152 Å². The minimum atomic E-state index is -4.57. The van der Waals surface area contributed by atoms with Gasteiger partial charge in [-0.25, -0.2) is 0 Å². The number of pyridine rings is 1. The number of benzene rings is 2. The van der Waals surface area contributed by atoms with Crippen molar-refractivity contribution in [2.75, 3.05) is 5.32 Å². The van der Waals surface area contributed by atoms with Gasteiger partial charge in [0.25, 0.3) is 5.91 Å². The summed E-state index contributed by atoms with van der Waals surface area (Å²) in [6.07, 6.45) is -3.12. The Morgan fingerprint density at radius 1 is 1.15 bits per heavy atom. The fraction of sp³-hybridized carbons (Fsp3) is 0.111. The van der Waals surface area contributed by atoms with Gasteiger partial charge in [0.15, 0.2) is 5.75 Å². The normalized spacial score (nSPS) is 11.1. The van der Waals surface area contributed by atoms with E-state index in [-0.39, 0.29) is 35.0 Å². The molecular formula is C18H14ClF3N2O2. The van der Waals surface area contributed by atoms with Crippen molar-refractivity contribution in [3.63, 3.8) is 0 Å². The Morgan fingerprint density at radius 3 is 2.58 bits per heavy atom. The summed E-state index contributed by atoms with van der Waals surface area (Å²) in [4.78, 5) is 16.3. The monoisotopic (exact) mass is 382 g/mol. The highest BCUT2D eigenvalue weighted by molar-refractivity contribution is 6.34. The molecule has 1 amide bonds. The molecular weight excluding hydrogens is 369 g/mol. The molecule has 26 heavy (non-hydrogen) atoms. The molecule has 2 aromatic carbocycles. The summed E-state index contributed by atoms with van der Waals surface area (Å²) in [6, 6.07) is 8.89. The van der Waals surface area contributed by atoms with Crippen molar-refractivity contribution in [3.05, 3.63) is 64.8 Å². The van der Waals surface area contributed by atoms with Gasteiger partial charge in [0, 0.05) is 11.6 Å². The van der Waals surface area contributed by atoms with Crippen LogP contribution in [0.15, 0.2) is 48.7 Å². The third-order valence-corrected chi connectivity index (χ3v) is 3.86. The number of hydrogen-bond acceptors (Lipinski definition) is 3. The summed E-state index contributed by atoms with van der Waals surface area (Å²) >= 11 is 5.86. The maximum Gasteiger partial charge on any atom is 0.416 e. The Hall–Kier alpha value is -2.80. The van der Waals surface area contributed by atoms with Crippen molar-refractivity contribution in [1.82, 2.24) is 4.98 Å². The largest absolute Gasteiger partial charge is 0.505 e. The maximum absolute atomic E-state index is 12.8. The van der Waals surface area contributed by atoms with Crippen LogP contribution in [0.1, 0.15) is 23.3 Å². The zero-order chi connectivity index (χ0) is 18.2. The van der Waals surface area contributed by atoms with E-state index < -0.39 is 17.6 Å². The molecule has 136 valence electrons. The number of alkyl halides is 3. The van der Waals surface area contributed by atoms with Crippen molar-refractivity contribution in [3.8, 4) is 5.75 Å². The number of hydrogen-bond donors (Lipinski definition) is 2. The molecule has 0 aliphatic carbocycles. The third-order valence-electron chi connectivity index (χ3n) is 3.53. The first-order valence-electron chi connectivity index (χ1n) is 7.02. The molecule has 4 nitrogen and oxygen atoms in total. The van der Waals surface area contributed by atoms with Crippen molar-refractivity contribution < 1.29 is 23.1 Å². The summed E-state index contributed by atoms with van der Waals surface area (Å²) in [6.45, 7) is 0. The average Bonchev–Trinajstić information content (AvgIpc) is 2.56. The van der Waals surface area contributed by atoms with Gasteiger partial charge in [-0.1, -0.05) is 31.2 Å². The second-order valence-corrected chi connectivity index (χ2v) is 5.59. The SMILES string of the molecule is C.O=C(Nc1cc(C(F)(F)F)ccc1Cl)c1ccc2cccnc2c1O. The Bertz CT molecular complexity index is 974. The van der Waals surface area contributed by atoms with Crippen LogP contribution in [0.2, 0.25) is 5.02 Å². The number of nitrogens with zero attached hydrogens (tertiary/aromatic N) is 1. The number of carbonyl (C=O) groups excluding carboxylic acids is 1. The van der Waals surface area contributed by atoms with Crippen molar-refractivity contribution in [2.24, 2.45) is 0 Å². The molecule has 1 heterocycles. The fourth-order valence-electron chi connectivity index (χ4n) is 2.30. The second kappa shape index (κ2) is 7.21. The zero-order valence-corrected chi connectivity index (χ0v) is 13.2. The van der Waals surface area contributed by atoms with Gasteiger partial charge in [0.05, 0.1) is 21.8 Å². The number of aromatic nitrogens is 1. The van der Waals surface area contributed by atoms with Crippen LogP contribution < -0.4 is 5.32 Å². The Morgan fingerprint density at radius 2 is 1.88 bits per heavy atom. The molecule has 0 atom stereocenters. The van der Waals surface area contributed by atoms with Gasteiger partial charge in [0.2, 0.25) is 0 Å². The van der Waals surface area contributed by atoms with Gasteiger partial charge in [0.1, 0.15) is 5.52 Å². The van der Waals surface area contributed by atoms with Gasteiger partial charge in [-0.05, 0) is 30.3 Å². The molecule has 8 heteroatoms. The highest BCUT2D eigenvalue weighted by Gasteiger charge is 2.31. The highest BCUT2D eigenvalue weighted by Crippen LogP contribution is 2.34. The van der Waals surface area contributed by atoms with Gasteiger partial charge >= 0.3 is 6.18 Å². The molecule has 2 N–H and O–H groups in total. The fourth-order valence-corrected chi connectivity index (χ4v) is 2.46. The van der Waals surface area contributed by atoms with E-state index in [0.717, 1.165) is 18.2 Å². The van der Waals surface area contributed by atoms with Gasteiger partial charge < -0.3 is 10.4 Å². The van der Waals surface area contributed by atoms with Crippen LogP contribution >= 0.6 is 11.6 Å². The van der Waals surface area contributed by atoms with Crippen LogP contribution in [0.5, 0.6) is 5.75 Å². The molecule has 0 unspecified atom stereocenters. The standard InChI is InChI=1S/C17H10ClF3N2O2.CH4/c18-12-6-4-10(17(19,20)21)8-13(12)23-16(25)11-5-3-9-2-1-7-22-14(9)15(11)24;/h1-8,24H,(H,23,25);1H4. The summed E-state index contributed by atoms with van der Waals surface area (Å²) in [5.41, 5.74) is -1.07. The molecule has 3 aromatic rings. The van der Waals surface area contributed by atoms with Crippen LogP contribution in [0.4, 0.5) is 18.9 Å². The molecule has 0 spiro atoms. The first kappa shape index (κ1) is 19.5. The highest BCUT2D eigenvalue weighted by atomic mass is 35.5. The first-order chi connectivity index (χ1) is 11.8. The lowest BCUT2D eigenvalue weighted by molar-refractivity contribution is -0.137. The number of amides is 1. The Kier molecular flexibility index (Phi) is 5.41. The first-order valence-corrected chi connectivity index (χ1v) is 7.40. The predicted molar refractivity (Wildman–Crippen MR) is 94.5 cm³/mol. The molecule has 3 rings (SSSR count). The second-order valence-electron chi connectivity index (χ2n) is 5.18.